The predicted octanol–water partition coefficient (Wildman–Crippen LogP) is 2.42. The lowest BCUT2D eigenvalue weighted by Crippen LogP contribution is -2.31. The van der Waals surface area contributed by atoms with Crippen molar-refractivity contribution in [1.82, 2.24) is 15.3 Å². The lowest BCUT2D eigenvalue weighted by atomic mass is 10.3. The van der Waals surface area contributed by atoms with Gasteiger partial charge in [0.2, 0.25) is 5.06 Å². The molecule has 0 saturated carbocycles. The summed E-state index contributed by atoms with van der Waals surface area (Å²) in [5.74, 6) is 0. The molecule has 0 aliphatic heterocycles. The maximum atomic E-state index is 11.6. The van der Waals surface area contributed by atoms with E-state index in [9.17, 15) is 4.79 Å². The highest BCUT2D eigenvalue weighted by Crippen LogP contribution is 2.35. The molecule has 0 spiro atoms. The normalized spacial score (nSPS) is 10.6. The van der Waals surface area contributed by atoms with Crippen LogP contribution in [0.2, 0.25) is 0 Å². The van der Waals surface area contributed by atoms with Crippen molar-refractivity contribution in [2.24, 2.45) is 5.73 Å². The number of nitrogens with zero attached hydrogens (tertiary/aromatic N) is 1. The van der Waals surface area contributed by atoms with E-state index in [1.807, 2.05) is 29.8 Å². The molecule has 0 fully saturated rings. The minimum atomic E-state index is -0.516. The first-order chi connectivity index (χ1) is 10.8. The van der Waals surface area contributed by atoms with Crippen LogP contribution >= 0.6 is 11.3 Å². The first-order valence-electron chi connectivity index (χ1n) is 6.70. The first-order valence-corrected chi connectivity index (χ1v) is 7.58. The summed E-state index contributed by atoms with van der Waals surface area (Å²) in [5, 5.41) is 9.14. The Balaban J connectivity index is 1.77. The Labute approximate surface area is 130 Å². The molecule has 3 rings (SSSR count). The second-order valence-corrected chi connectivity index (χ2v) is 5.33. The molecule has 0 saturated heterocycles. The fourth-order valence-electron chi connectivity index (χ4n) is 1.98. The number of carbonyl (C=O) groups is 1. The third kappa shape index (κ3) is 3.02. The monoisotopic (exact) mass is 317 g/mol. The fraction of sp³-hybridized carbons (Fsp3) is 0.143. The van der Waals surface area contributed by atoms with Gasteiger partial charge in [-0.1, -0.05) is 0 Å². The molecule has 8 heteroatoms. The Morgan fingerprint density at radius 2 is 2.27 bits per heavy atom. The van der Waals surface area contributed by atoms with Crippen LogP contribution in [0.5, 0.6) is 5.06 Å². The summed E-state index contributed by atoms with van der Waals surface area (Å²) in [6.07, 6.45) is 3.02. The molecular weight excluding hydrogens is 302 g/mol. The summed E-state index contributed by atoms with van der Waals surface area (Å²) in [6, 6.07) is 5.66. The van der Waals surface area contributed by atoms with Crippen molar-refractivity contribution in [2.45, 2.75) is 0 Å². The molecule has 3 heterocycles. The lowest BCUT2D eigenvalue weighted by Gasteiger charge is -2.09. The molecule has 0 unspecified atom stereocenters. The second-order valence-electron chi connectivity index (χ2n) is 4.45. The molecule has 114 valence electrons. The molecule has 7 nitrogen and oxygen atoms in total. The number of pyridine rings is 1. The topological polar surface area (TPSA) is 105 Å². The van der Waals surface area contributed by atoms with E-state index in [1.54, 1.807) is 6.20 Å². The molecule has 0 aromatic carbocycles. The zero-order valence-corrected chi connectivity index (χ0v) is 12.4. The number of rotatable bonds is 5. The van der Waals surface area contributed by atoms with Gasteiger partial charge in [-0.3, -0.25) is 0 Å². The number of H-pyrrole nitrogens is 1. The Morgan fingerprint density at radius 1 is 1.36 bits per heavy atom. The highest BCUT2D eigenvalue weighted by molar-refractivity contribution is 7.12. The molecule has 0 radical (unpaired) electrons. The quantitative estimate of drug-likeness (QED) is 0.578. The van der Waals surface area contributed by atoms with E-state index in [1.165, 1.54) is 11.3 Å². The molecule has 0 aliphatic rings. The number of carbonyl (C=O) groups excluding carboxylic acids is 1. The van der Waals surface area contributed by atoms with E-state index < -0.39 is 6.09 Å². The summed E-state index contributed by atoms with van der Waals surface area (Å²) in [6.45, 7) is 0.744. The number of amides is 1. The number of hydrogen-bond acceptors (Lipinski definition) is 6. The largest absolute Gasteiger partial charge is 0.413 e. The highest BCUT2D eigenvalue weighted by atomic mass is 32.1. The maximum Gasteiger partial charge on any atom is 0.413 e. The summed E-state index contributed by atoms with van der Waals surface area (Å²) in [4.78, 5) is 18.9. The number of aromatic nitrogens is 2. The molecule has 3 aromatic rings. The van der Waals surface area contributed by atoms with Gasteiger partial charge in [0, 0.05) is 30.9 Å². The van der Waals surface area contributed by atoms with E-state index in [0.29, 0.717) is 18.2 Å². The smallest absolute Gasteiger partial charge is 0.397 e. The third-order valence-electron chi connectivity index (χ3n) is 2.96. The number of hydrogen-bond donors (Lipinski definition) is 4. The average molecular weight is 317 g/mol. The van der Waals surface area contributed by atoms with Crippen LogP contribution in [-0.4, -0.2) is 29.2 Å². The van der Waals surface area contributed by atoms with Crippen LogP contribution in [0.3, 0.4) is 0 Å². The predicted molar refractivity (Wildman–Crippen MR) is 86.8 cm³/mol. The molecule has 22 heavy (non-hydrogen) atoms. The average Bonchev–Trinajstić information content (AvgIpc) is 3.15. The van der Waals surface area contributed by atoms with Crippen molar-refractivity contribution in [2.75, 3.05) is 18.4 Å². The highest BCUT2D eigenvalue weighted by Gasteiger charge is 2.12. The molecular formula is C14H15N5O2S. The van der Waals surface area contributed by atoms with E-state index in [0.717, 1.165) is 22.4 Å². The summed E-state index contributed by atoms with van der Waals surface area (Å²) < 4.78 is 5.28. The van der Waals surface area contributed by atoms with Gasteiger partial charge in [-0.15, -0.1) is 11.3 Å². The zero-order valence-electron chi connectivity index (χ0n) is 11.6. The van der Waals surface area contributed by atoms with Gasteiger partial charge in [-0.2, -0.15) is 0 Å². The van der Waals surface area contributed by atoms with Gasteiger partial charge in [0.15, 0.2) is 0 Å². The van der Waals surface area contributed by atoms with Crippen LogP contribution in [0.4, 0.5) is 16.2 Å². The van der Waals surface area contributed by atoms with Crippen LogP contribution in [0.25, 0.3) is 11.0 Å². The molecule has 0 bridgehead atoms. The summed E-state index contributed by atoms with van der Waals surface area (Å²) in [5.41, 5.74) is 7.74. The number of anilines is 2. The van der Waals surface area contributed by atoms with E-state index in [4.69, 9.17) is 10.5 Å². The molecule has 5 N–H and O–H groups in total. The van der Waals surface area contributed by atoms with Crippen LogP contribution in [0.15, 0.2) is 36.0 Å². The minimum Gasteiger partial charge on any atom is -0.397 e. The van der Waals surface area contributed by atoms with E-state index in [2.05, 4.69) is 20.6 Å². The van der Waals surface area contributed by atoms with Gasteiger partial charge >= 0.3 is 6.09 Å². The first kappa shape index (κ1) is 14.4. The van der Waals surface area contributed by atoms with E-state index in [-0.39, 0.29) is 0 Å². The molecule has 3 aromatic heterocycles. The number of ether oxygens (including phenoxy) is 1. The number of aromatic amines is 1. The molecule has 0 atom stereocenters. The van der Waals surface area contributed by atoms with Crippen LogP contribution < -0.4 is 21.1 Å². The number of nitrogens with one attached hydrogen (secondary N) is 3. The van der Waals surface area contributed by atoms with Crippen molar-refractivity contribution in [1.29, 1.82) is 0 Å². The summed E-state index contributed by atoms with van der Waals surface area (Å²) >= 11 is 1.34. The Kier molecular flexibility index (Phi) is 4.22. The SMILES string of the molecule is NCCNC(=O)Oc1sccc1Nc1ccnc2[nH]ccc12. The number of nitrogens with two attached hydrogens (primary N) is 1. The van der Waals surface area contributed by atoms with Crippen molar-refractivity contribution in [3.63, 3.8) is 0 Å². The van der Waals surface area contributed by atoms with Crippen LogP contribution in [0.1, 0.15) is 0 Å². The van der Waals surface area contributed by atoms with Gasteiger partial charge in [0.1, 0.15) is 5.65 Å². The number of thiophene rings is 1. The van der Waals surface area contributed by atoms with Gasteiger partial charge < -0.3 is 26.1 Å². The zero-order chi connectivity index (χ0) is 15.4. The Morgan fingerprint density at radius 3 is 3.14 bits per heavy atom. The number of fused-ring (bicyclic) bond motifs is 1. The fourth-order valence-corrected chi connectivity index (χ4v) is 2.67. The van der Waals surface area contributed by atoms with Crippen LogP contribution in [0, 0.1) is 0 Å². The Hall–Kier alpha value is -2.58. The standard InChI is InChI=1S/C14H15N5O2S/c15-4-7-18-14(20)21-13-11(3-8-22-13)19-10-2-6-17-12-9(10)1-5-16-12/h1-3,5-6,8H,4,7,15H2,(H,18,20)(H2,16,17,19). The maximum absolute atomic E-state index is 11.6. The summed E-state index contributed by atoms with van der Waals surface area (Å²) in [7, 11) is 0. The Bertz CT molecular complexity index is 782. The van der Waals surface area contributed by atoms with Gasteiger partial charge in [-0.25, -0.2) is 9.78 Å². The van der Waals surface area contributed by atoms with Gasteiger partial charge in [-0.05, 0) is 23.6 Å². The van der Waals surface area contributed by atoms with Crippen molar-refractivity contribution in [3.8, 4) is 5.06 Å². The van der Waals surface area contributed by atoms with Gasteiger partial charge in [0.25, 0.3) is 0 Å². The molecule has 1 amide bonds. The lowest BCUT2D eigenvalue weighted by molar-refractivity contribution is 0.202. The van der Waals surface area contributed by atoms with Crippen LogP contribution in [-0.2, 0) is 0 Å². The minimum absolute atomic E-state index is 0.368. The molecule has 0 aliphatic carbocycles. The van der Waals surface area contributed by atoms with Gasteiger partial charge in [0.05, 0.1) is 11.4 Å². The van der Waals surface area contributed by atoms with E-state index >= 15 is 0 Å². The van der Waals surface area contributed by atoms with Crippen molar-refractivity contribution in [3.05, 3.63) is 36.0 Å². The van der Waals surface area contributed by atoms with Crippen molar-refractivity contribution >= 4 is 39.8 Å². The van der Waals surface area contributed by atoms with Crippen molar-refractivity contribution < 1.29 is 9.53 Å². The second kappa shape index (κ2) is 6.46. The third-order valence-corrected chi connectivity index (χ3v) is 3.75.